The Morgan fingerprint density at radius 2 is 1.89 bits per heavy atom. The van der Waals surface area contributed by atoms with Crippen LogP contribution in [-0.2, 0) is 9.59 Å². The van der Waals surface area contributed by atoms with Crippen LogP contribution < -0.4 is 10.1 Å². The predicted octanol–water partition coefficient (Wildman–Crippen LogP) is 4.94. The summed E-state index contributed by atoms with van der Waals surface area (Å²) in [4.78, 5) is 31.2. The first-order chi connectivity index (χ1) is 17.0. The number of hydrogen-bond acceptors (Lipinski definition) is 5. The summed E-state index contributed by atoms with van der Waals surface area (Å²) >= 11 is 0. The van der Waals surface area contributed by atoms with E-state index in [4.69, 9.17) is 4.74 Å². The SMILES string of the molecule is Cc1cc(Oc2ncccc2C#N)ccc1NC(=O)C1CCN(C(=O)/C=C/c2ccccc2)CC1. The van der Waals surface area contributed by atoms with Crippen LogP contribution in [0.3, 0.4) is 0 Å². The van der Waals surface area contributed by atoms with E-state index in [1.807, 2.05) is 43.3 Å². The molecule has 2 heterocycles. The van der Waals surface area contributed by atoms with Gasteiger partial charge in [0.05, 0.1) is 0 Å². The monoisotopic (exact) mass is 466 g/mol. The van der Waals surface area contributed by atoms with Crippen LogP contribution in [0, 0.1) is 24.2 Å². The lowest BCUT2D eigenvalue weighted by Gasteiger charge is -2.30. The number of rotatable bonds is 6. The van der Waals surface area contributed by atoms with Crippen LogP contribution in [0.15, 0.2) is 72.9 Å². The first-order valence-electron chi connectivity index (χ1n) is 11.5. The summed E-state index contributed by atoms with van der Waals surface area (Å²) in [5.41, 5.74) is 2.87. The van der Waals surface area contributed by atoms with Crippen molar-refractivity contribution in [2.75, 3.05) is 18.4 Å². The number of ether oxygens (including phenoxy) is 1. The molecule has 1 aromatic heterocycles. The molecule has 0 bridgehead atoms. The molecule has 0 radical (unpaired) electrons. The molecule has 7 heteroatoms. The lowest BCUT2D eigenvalue weighted by Crippen LogP contribution is -2.40. The molecule has 0 aliphatic carbocycles. The summed E-state index contributed by atoms with van der Waals surface area (Å²) in [6, 6.07) is 20.4. The number of piperidine rings is 1. The largest absolute Gasteiger partial charge is 0.438 e. The van der Waals surface area contributed by atoms with Crippen molar-refractivity contribution in [1.29, 1.82) is 5.26 Å². The Kier molecular flexibility index (Phi) is 7.53. The van der Waals surface area contributed by atoms with E-state index in [1.54, 1.807) is 47.5 Å². The highest BCUT2D eigenvalue weighted by molar-refractivity contribution is 5.94. The van der Waals surface area contributed by atoms with Crippen molar-refractivity contribution >= 4 is 23.6 Å². The van der Waals surface area contributed by atoms with Crippen LogP contribution in [-0.4, -0.2) is 34.8 Å². The molecule has 1 aliphatic rings. The Labute approximate surface area is 204 Å². The van der Waals surface area contributed by atoms with Gasteiger partial charge in [0.15, 0.2) is 0 Å². The molecule has 1 aliphatic heterocycles. The number of nitrogens with one attached hydrogen (secondary N) is 1. The minimum Gasteiger partial charge on any atom is -0.438 e. The van der Waals surface area contributed by atoms with Gasteiger partial charge in [-0.25, -0.2) is 4.98 Å². The fraction of sp³-hybridized carbons (Fsp3) is 0.214. The Morgan fingerprint density at radius 1 is 1.11 bits per heavy atom. The van der Waals surface area contributed by atoms with Crippen molar-refractivity contribution in [1.82, 2.24) is 9.88 Å². The third kappa shape index (κ3) is 6.12. The van der Waals surface area contributed by atoms with E-state index in [-0.39, 0.29) is 23.6 Å². The average molecular weight is 467 g/mol. The second kappa shape index (κ2) is 11.1. The molecule has 3 aromatic rings. The van der Waals surface area contributed by atoms with Gasteiger partial charge < -0.3 is 15.0 Å². The van der Waals surface area contributed by atoms with E-state index < -0.39 is 0 Å². The van der Waals surface area contributed by atoms with Gasteiger partial charge in [-0.2, -0.15) is 5.26 Å². The summed E-state index contributed by atoms with van der Waals surface area (Å²) in [6.07, 6.45) is 6.21. The predicted molar refractivity (Wildman–Crippen MR) is 134 cm³/mol. The van der Waals surface area contributed by atoms with Gasteiger partial charge >= 0.3 is 0 Å². The van der Waals surface area contributed by atoms with Gasteiger partial charge in [-0.3, -0.25) is 9.59 Å². The Balaban J connectivity index is 1.30. The molecule has 0 spiro atoms. The van der Waals surface area contributed by atoms with E-state index in [0.29, 0.717) is 42.9 Å². The van der Waals surface area contributed by atoms with Crippen LogP contribution in [0.4, 0.5) is 5.69 Å². The smallest absolute Gasteiger partial charge is 0.246 e. The zero-order chi connectivity index (χ0) is 24.6. The Hall–Kier alpha value is -4.44. The maximum atomic E-state index is 12.9. The van der Waals surface area contributed by atoms with Crippen LogP contribution >= 0.6 is 0 Å². The third-order valence-corrected chi connectivity index (χ3v) is 5.96. The number of benzene rings is 2. The molecule has 1 fully saturated rings. The van der Waals surface area contributed by atoms with Crippen molar-refractivity contribution in [3.63, 3.8) is 0 Å². The van der Waals surface area contributed by atoms with E-state index in [0.717, 1.165) is 11.1 Å². The second-order valence-corrected chi connectivity index (χ2v) is 8.38. The van der Waals surface area contributed by atoms with Gasteiger partial charge in [-0.05, 0) is 67.3 Å². The zero-order valence-electron chi connectivity index (χ0n) is 19.5. The number of likely N-dealkylation sites (tertiary alicyclic amines) is 1. The van der Waals surface area contributed by atoms with Crippen LogP contribution in [0.2, 0.25) is 0 Å². The summed E-state index contributed by atoms with van der Waals surface area (Å²) in [7, 11) is 0. The summed E-state index contributed by atoms with van der Waals surface area (Å²) in [5.74, 6) is 0.535. The number of amides is 2. The highest BCUT2D eigenvalue weighted by Crippen LogP contribution is 2.28. The number of anilines is 1. The van der Waals surface area contributed by atoms with E-state index in [9.17, 15) is 14.9 Å². The molecule has 0 saturated carbocycles. The normalized spacial score (nSPS) is 13.9. The minimum absolute atomic E-state index is 0.0356. The lowest BCUT2D eigenvalue weighted by atomic mass is 9.95. The van der Waals surface area contributed by atoms with Gasteiger partial charge in [-0.1, -0.05) is 30.3 Å². The van der Waals surface area contributed by atoms with Crippen molar-refractivity contribution in [3.8, 4) is 17.7 Å². The molecule has 7 nitrogen and oxygen atoms in total. The Morgan fingerprint density at radius 3 is 2.60 bits per heavy atom. The standard InChI is InChI=1S/C28H26N4O3/c1-20-18-24(35-28-23(19-29)8-5-15-30-28)10-11-25(20)31-27(34)22-13-16-32(17-14-22)26(33)12-9-21-6-3-2-4-7-21/h2-12,15,18,22H,13-14,16-17H2,1H3,(H,31,34)/b12-9+. The third-order valence-electron chi connectivity index (χ3n) is 5.96. The maximum Gasteiger partial charge on any atom is 0.246 e. The fourth-order valence-corrected chi connectivity index (χ4v) is 3.94. The highest BCUT2D eigenvalue weighted by atomic mass is 16.5. The number of aromatic nitrogens is 1. The second-order valence-electron chi connectivity index (χ2n) is 8.38. The number of nitrogens with zero attached hydrogens (tertiary/aromatic N) is 3. The van der Waals surface area contributed by atoms with Gasteiger partial charge in [0, 0.05) is 37.0 Å². The van der Waals surface area contributed by atoms with Gasteiger partial charge in [0.1, 0.15) is 17.4 Å². The first kappa shape index (κ1) is 23.7. The summed E-state index contributed by atoms with van der Waals surface area (Å²) in [6.45, 7) is 2.98. The molecule has 2 aromatic carbocycles. The number of carbonyl (C=O) groups is 2. The van der Waals surface area contributed by atoms with Gasteiger partial charge in [0.2, 0.25) is 17.7 Å². The molecule has 0 unspecified atom stereocenters. The van der Waals surface area contributed by atoms with E-state index >= 15 is 0 Å². The quantitative estimate of drug-likeness (QED) is 0.519. The molecule has 4 rings (SSSR count). The minimum atomic E-state index is -0.154. The van der Waals surface area contributed by atoms with Gasteiger partial charge in [0.25, 0.3) is 0 Å². The topological polar surface area (TPSA) is 95.3 Å². The molecule has 0 atom stereocenters. The van der Waals surface area contributed by atoms with Crippen molar-refractivity contribution in [2.24, 2.45) is 5.92 Å². The maximum absolute atomic E-state index is 12.9. The zero-order valence-corrected chi connectivity index (χ0v) is 19.5. The number of carbonyl (C=O) groups excluding carboxylic acids is 2. The molecule has 1 saturated heterocycles. The lowest BCUT2D eigenvalue weighted by molar-refractivity contribution is -0.130. The van der Waals surface area contributed by atoms with Crippen molar-refractivity contribution in [2.45, 2.75) is 19.8 Å². The van der Waals surface area contributed by atoms with Gasteiger partial charge in [-0.15, -0.1) is 0 Å². The summed E-state index contributed by atoms with van der Waals surface area (Å²) < 4.78 is 5.75. The number of nitriles is 1. The number of hydrogen-bond donors (Lipinski definition) is 1. The average Bonchev–Trinajstić information content (AvgIpc) is 2.90. The van der Waals surface area contributed by atoms with Crippen molar-refractivity contribution < 1.29 is 14.3 Å². The number of pyridine rings is 1. The molecular formula is C28H26N4O3. The van der Waals surface area contributed by atoms with Crippen LogP contribution in [0.25, 0.3) is 6.08 Å². The highest BCUT2D eigenvalue weighted by Gasteiger charge is 2.27. The molecule has 2 amide bonds. The Bertz CT molecular complexity index is 1270. The molecule has 35 heavy (non-hydrogen) atoms. The molecule has 1 N–H and O–H groups in total. The van der Waals surface area contributed by atoms with Crippen LogP contribution in [0.5, 0.6) is 11.6 Å². The van der Waals surface area contributed by atoms with Crippen LogP contribution in [0.1, 0.15) is 29.5 Å². The fourth-order valence-electron chi connectivity index (χ4n) is 3.94. The van der Waals surface area contributed by atoms with E-state index in [2.05, 4.69) is 16.4 Å². The summed E-state index contributed by atoms with van der Waals surface area (Å²) in [5, 5.41) is 12.2. The molecular weight excluding hydrogens is 440 g/mol. The van der Waals surface area contributed by atoms with Crippen molar-refractivity contribution in [3.05, 3.63) is 89.6 Å². The first-order valence-corrected chi connectivity index (χ1v) is 11.5. The van der Waals surface area contributed by atoms with E-state index in [1.165, 1.54) is 0 Å². The molecule has 176 valence electrons. The number of aryl methyl sites for hydroxylation is 1.